The zero-order valence-corrected chi connectivity index (χ0v) is 19.2. The zero-order valence-electron chi connectivity index (χ0n) is 17.6. The van der Waals surface area contributed by atoms with E-state index in [2.05, 4.69) is 0 Å². The quantitative estimate of drug-likeness (QED) is 0.579. The number of rotatable bonds is 6. The predicted molar refractivity (Wildman–Crippen MR) is 114 cm³/mol. The minimum Gasteiger partial charge on any atom is -0.340 e. The summed E-state index contributed by atoms with van der Waals surface area (Å²) in [6.45, 7) is 3.63. The lowest BCUT2D eigenvalue weighted by molar-refractivity contribution is -0.139. The zero-order chi connectivity index (χ0) is 23.7. The Balaban J connectivity index is 1.61. The molecular weight excluding hydrogens is 465 g/mol. The van der Waals surface area contributed by atoms with E-state index in [1.165, 1.54) is 22.3 Å². The van der Waals surface area contributed by atoms with Crippen LogP contribution in [0.4, 0.5) is 13.2 Å². The maximum atomic E-state index is 13.2. The number of halogens is 3. The van der Waals surface area contributed by atoms with Gasteiger partial charge >= 0.3 is 6.18 Å². The van der Waals surface area contributed by atoms with E-state index in [4.69, 9.17) is 0 Å². The van der Waals surface area contributed by atoms with Crippen molar-refractivity contribution < 1.29 is 31.2 Å². The fourth-order valence-electron chi connectivity index (χ4n) is 3.66. The SMILES string of the molecule is Cc1cc(C(=O)CCC(=O)N2CCN(S(=O)(=O)c3ccccc3C(F)(F)F)CC2)c(C)s1. The molecule has 2 heterocycles. The lowest BCUT2D eigenvalue weighted by Crippen LogP contribution is -2.50. The molecule has 0 aliphatic carbocycles. The number of carbonyl (C=O) groups excluding carboxylic acids is 2. The number of alkyl halides is 3. The number of carbonyl (C=O) groups is 2. The van der Waals surface area contributed by atoms with E-state index in [-0.39, 0.29) is 50.7 Å². The number of amides is 1. The first kappa shape index (κ1) is 24.4. The van der Waals surface area contributed by atoms with Gasteiger partial charge in [-0.1, -0.05) is 12.1 Å². The molecule has 0 atom stereocenters. The fourth-order valence-corrected chi connectivity index (χ4v) is 6.24. The second-order valence-corrected chi connectivity index (χ2v) is 10.9. The topological polar surface area (TPSA) is 74.8 Å². The molecule has 174 valence electrons. The first-order valence-corrected chi connectivity index (χ1v) is 12.2. The Hall–Kier alpha value is -2.24. The number of hydrogen-bond acceptors (Lipinski definition) is 5. The van der Waals surface area contributed by atoms with E-state index in [1.54, 1.807) is 6.07 Å². The molecule has 1 aliphatic heterocycles. The number of nitrogens with zero attached hydrogens (tertiary/aromatic N) is 2. The number of thiophene rings is 1. The van der Waals surface area contributed by atoms with Gasteiger partial charge in [-0.2, -0.15) is 17.5 Å². The molecule has 3 rings (SSSR count). The van der Waals surface area contributed by atoms with Crippen LogP contribution < -0.4 is 0 Å². The molecule has 1 aromatic heterocycles. The van der Waals surface area contributed by atoms with Gasteiger partial charge in [-0.15, -0.1) is 11.3 Å². The third-order valence-corrected chi connectivity index (χ3v) is 8.23. The van der Waals surface area contributed by atoms with Gasteiger partial charge in [0.05, 0.1) is 10.5 Å². The van der Waals surface area contributed by atoms with Crippen LogP contribution in [0.1, 0.15) is 38.5 Å². The number of hydrogen-bond donors (Lipinski definition) is 0. The number of Topliss-reactive ketones (excluding diaryl/α,β-unsaturated/α-hetero) is 1. The standard InChI is InChI=1S/C21H23F3N2O4S2/c1-14-13-16(15(2)31-14)18(27)7-8-20(28)25-9-11-26(12-10-25)32(29,30)19-6-4-3-5-17(19)21(22,23)24/h3-6,13H,7-12H2,1-2H3. The van der Waals surface area contributed by atoms with Gasteiger partial charge in [0.2, 0.25) is 15.9 Å². The molecule has 2 aromatic rings. The molecule has 0 saturated carbocycles. The number of ketones is 1. The number of benzene rings is 1. The molecule has 1 aliphatic rings. The highest BCUT2D eigenvalue weighted by Crippen LogP contribution is 2.35. The van der Waals surface area contributed by atoms with Crippen molar-refractivity contribution in [3.05, 3.63) is 51.2 Å². The summed E-state index contributed by atoms with van der Waals surface area (Å²) in [6, 6.07) is 5.86. The highest BCUT2D eigenvalue weighted by atomic mass is 32.2. The summed E-state index contributed by atoms with van der Waals surface area (Å²) in [6.07, 6.45) is -4.75. The maximum absolute atomic E-state index is 13.2. The summed E-state index contributed by atoms with van der Waals surface area (Å²) in [7, 11) is -4.37. The lowest BCUT2D eigenvalue weighted by atomic mass is 10.1. The Morgan fingerprint density at radius 1 is 1.03 bits per heavy atom. The van der Waals surface area contributed by atoms with Crippen LogP contribution in [0.5, 0.6) is 0 Å². The molecule has 1 aromatic carbocycles. The van der Waals surface area contributed by atoms with Crippen molar-refractivity contribution in [1.82, 2.24) is 9.21 Å². The first-order chi connectivity index (χ1) is 14.9. The van der Waals surface area contributed by atoms with E-state index in [0.717, 1.165) is 32.3 Å². The van der Waals surface area contributed by atoms with Crippen molar-refractivity contribution in [1.29, 1.82) is 0 Å². The molecule has 0 bridgehead atoms. The van der Waals surface area contributed by atoms with Crippen LogP contribution in [0.3, 0.4) is 0 Å². The van der Waals surface area contributed by atoms with Crippen LogP contribution in [-0.2, 0) is 21.0 Å². The van der Waals surface area contributed by atoms with Gasteiger partial charge < -0.3 is 4.90 Å². The largest absolute Gasteiger partial charge is 0.417 e. The van der Waals surface area contributed by atoms with Crippen LogP contribution in [0.25, 0.3) is 0 Å². The Kier molecular flexibility index (Phi) is 7.11. The number of aryl methyl sites for hydroxylation is 2. The molecule has 0 radical (unpaired) electrons. The van der Waals surface area contributed by atoms with Gasteiger partial charge in [-0.25, -0.2) is 8.42 Å². The smallest absolute Gasteiger partial charge is 0.340 e. The molecule has 1 fully saturated rings. The van der Waals surface area contributed by atoms with E-state index in [0.29, 0.717) is 5.56 Å². The van der Waals surface area contributed by atoms with Crippen LogP contribution in [0.15, 0.2) is 35.2 Å². The molecule has 6 nitrogen and oxygen atoms in total. The Morgan fingerprint density at radius 2 is 1.66 bits per heavy atom. The maximum Gasteiger partial charge on any atom is 0.417 e. The van der Waals surface area contributed by atoms with Gasteiger partial charge in [0.1, 0.15) is 0 Å². The van der Waals surface area contributed by atoms with E-state index in [9.17, 15) is 31.2 Å². The molecule has 0 unspecified atom stereocenters. The molecule has 0 spiro atoms. The Bertz CT molecular complexity index is 1120. The Morgan fingerprint density at radius 3 is 2.22 bits per heavy atom. The predicted octanol–water partition coefficient (Wildman–Crippen LogP) is 3.88. The van der Waals surface area contributed by atoms with Crippen molar-refractivity contribution in [2.45, 2.75) is 37.8 Å². The van der Waals surface area contributed by atoms with E-state index >= 15 is 0 Å². The first-order valence-electron chi connectivity index (χ1n) is 9.95. The Labute approximate surface area is 188 Å². The van der Waals surface area contributed by atoms with Gasteiger partial charge in [0, 0.05) is 54.3 Å². The van der Waals surface area contributed by atoms with Crippen LogP contribution in [0.2, 0.25) is 0 Å². The summed E-state index contributed by atoms with van der Waals surface area (Å²) >= 11 is 1.51. The molecule has 0 N–H and O–H groups in total. The van der Waals surface area contributed by atoms with Crippen LogP contribution in [-0.4, -0.2) is 55.5 Å². The van der Waals surface area contributed by atoms with Gasteiger partial charge in [0.25, 0.3) is 0 Å². The molecule has 11 heteroatoms. The van der Waals surface area contributed by atoms with Gasteiger partial charge in [-0.3, -0.25) is 9.59 Å². The molecule has 1 saturated heterocycles. The summed E-state index contributed by atoms with van der Waals surface area (Å²) in [5.74, 6) is -0.402. The normalized spacial score (nSPS) is 15.7. The molecular formula is C21H23F3N2O4S2. The molecule has 1 amide bonds. The van der Waals surface area contributed by atoms with Crippen molar-refractivity contribution in [3.8, 4) is 0 Å². The van der Waals surface area contributed by atoms with Crippen molar-refractivity contribution in [2.24, 2.45) is 0 Å². The number of piperazine rings is 1. The average molecular weight is 489 g/mol. The number of sulfonamides is 1. The van der Waals surface area contributed by atoms with Crippen LogP contribution in [0, 0.1) is 13.8 Å². The van der Waals surface area contributed by atoms with Gasteiger partial charge in [0.15, 0.2) is 5.78 Å². The van der Waals surface area contributed by atoms with E-state index < -0.39 is 26.7 Å². The van der Waals surface area contributed by atoms with Crippen LogP contribution >= 0.6 is 11.3 Å². The average Bonchev–Trinajstić information content (AvgIpc) is 3.09. The van der Waals surface area contributed by atoms with E-state index in [1.807, 2.05) is 13.8 Å². The highest BCUT2D eigenvalue weighted by Gasteiger charge is 2.39. The summed E-state index contributed by atoms with van der Waals surface area (Å²) < 4.78 is 66.3. The molecule has 32 heavy (non-hydrogen) atoms. The van der Waals surface area contributed by atoms with Crippen molar-refractivity contribution in [3.63, 3.8) is 0 Å². The third kappa shape index (κ3) is 5.21. The summed E-state index contributed by atoms with van der Waals surface area (Å²) in [4.78, 5) is 27.4. The van der Waals surface area contributed by atoms with Gasteiger partial charge in [-0.05, 0) is 32.0 Å². The monoisotopic (exact) mass is 488 g/mol. The minimum atomic E-state index is -4.80. The summed E-state index contributed by atoms with van der Waals surface area (Å²) in [5, 5.41) is 0. The summed E-state index contributed by atoms with van der Waals surface area (Å²) in [5.41, 5.74) is -0.601. The highest BCUT2D eigenvalue weighted by molar-refractivity contribution is 7.89. The minimum absolute atomic E-state index is 0.00315. The van der Waals surface area contributed by atoms with Crippen molar-refractivity contribution >= 4 is 33.1 Å². The fraction of sp³-hybridized carbons (Fsp3) is 0.429. The third-order valence-electron chi connectivity index (χ3n) is 5.31. The lowest BCUT2D eigenvalue weighted by Gasteiger charge is -2.34. The van der Waals surface area contributed by atoms with Crippen molar-refractivity contribution in [2.75, 3.05) is 26.2 Å². The second kappa shape index (κ2) is 9.32. The second-order valence-electron chi connectivity index (χ2n) is 7.53.